The van der Waals surface area contributed by atoms with Gasteiger partial charge in [-0.1, -0.05) is 12.1 Å². The zero-order chi connectivity index (χ0) is 13.3. The summed E-state index contributed by atoms with van der Waals surface area (Å²) >= 11 is 0. The van der Waals surface area contributed by atoms with Gasteiger partial charge in [0, 0.05) is 5.56 Å². The van der Waals surface area contributed by atoms with Crippen molar-refractivity contribution in [2.24, 2.45) is 0 Å². The molecule has 0 aliphatic rings. The number of aromatic nitrogens is 2. The summed E-state index contributed by atoms with van der Waals surface area (Å²) in [5.41, 5.74) is -0.578. The Kier molecular flexibility index (Phi) is 2.94. The van der Waals surface area contributed by atoms with Crippen molar-refractivity contribution in [3.8, 4) is 5.69 Å². The van der Waals surface area contributed by atoms with Crippen LogP contribution >= 0.6 is 0 Å². The van der Waals surface area contributed by atoms with E-state index >= 15 is 0 Å². The smallest absolute Gasteiger partial charge is 0.294 e. The minimum Gasteiger partial charge on any atom is -0.294 e. The van der Waals surface area contributed by atoms with Gasteiger partial charge < -0.3 is 0 Å². The minimum atomic E-state index is -4.51. The maximum atomic E-state index is 12.8. The van der Waals surface area contributed by atoms with Gasteiger partial charge in [-0.2, -0.15) is 18.3 Å². The molecule has 3 nitrogen and oxygen atoms in total. The average Bonchev–Trinajstić information content (AvgIpc) is 2.77. The third-order valence-corrected chi connectivity index (χ3v) is 2.44. The number of para-hydroxylation sites is 1. The van der Waals surface area contributed by atoms with Crippen molar-refractivity contribution in [2.75, 3.05) is 0 Å². The molecule has 2 rings (SSSR count). The monoisotopic (exact) mass is 254 g/mol. The number of hydrogen-bond acceptors (Lipinski definition) is 2. The van der Waals surface area contributed by atoms with E-state index in [0.717, 1.165) is 16.9 Å². The van der Waals surface area contributed by atoms with E-state index in [4.69, 9.17) is 0 Å². The molecule has 1 aromatic heterocycles. The maximum Gasteiger partial charge on any atom is 0.433 e. The molecule has 1 heterocycles. The second-order valence-electron chi connectivity index (χ2n) is 3.70. The van der Waals surface area contributed by atoms with Gasteiger partial charge in [0.05, 0.1) is 11.9 Å². The summed E-state index contributed by atoms with van der Waals surface area (Å²) in [6.07, 6.45) is -3.46. The van der Waals surface area contributed by atoms with Crippen LogP contribution in [0.2, 0.25) is 0 Å². The zero-order valence-corrected chi connectivity index (χ0v) is 9.40. The Bertz CT molecular complexity index is 587. The fourth-order valence-electron chi connectivity index (χ4n) is 1.67. The molecule has 0 N–H and O–H groups in total. The van der Waals surface area contributed by atoms with Crippen LogP contribution in [0.15, 0.2) is 36.5 Å². The molecule has 6 heteroatoms. The van der Waals surface area contributed by atoms with Crippen molar-refractivity contribution in [1.82, 2.24) is 9.78 Å². The summed E-state index contributed by atoms with van der Waals surface area (Å²) in [5, 5.41) is 3.64. The lowest BCUT2D eigenvalue weighted by Gasteiger charge is -2.12. The molecular weight excluding hydrogens is 245 g/mol. The predicted molar refractivity (Wildman–Crippen MR) is 58.6 cm³/mol. The van der Waals surface area contributed by atoms with Crippen LogP contribution in [0.1, 0.15) is 23.0 Å². The fourth-order valence-corrected chi connectivity index (χ4v) is 1.67. The van der Waals surface area contributed by atoms with Crippen molar-refractivity contribution >= 4 is 5.78 Å². The Morgan fingerprint density at radius 1 is 1.22 bits per heavy atom. The Morgan fingerprint density at radius 2 is 1.89 bits per heavy atom. The van der Waals surface area contributed by atoms with E-state index in [0.29, 0.717) is 0 Å². The van der Waals surface area contributed by atoms with Crippen LogP contribution < -0.4 is 0 Å². The second-order valence-corrected chi connectivity index (χ2v) is 3.70. The number of benzene rings is 1. The summed E-state index contributed by atoms with van der Waals surface area (Å²) < 4.78 is 39.0. The van der Waals surface area contributed by atoms with Crippen LogP contribution in [0.4, 0.5) is 13.2 Å². The predicted octanol–water partition coefficient (Wildman–Crippen LogP) is 3.09. The van der Waals surface area contributed by atoms with Gasteiger partial charge in [0.1, 0.15) is 5.69 Å². The van der Waals surface area contributed by atoms with Gasteiger partial charge in [0.25, 0.3) is 0 Å². The fraction of sp³-hybridized carbons (Fsp3) is 0.167. The van der Waals surface area contributed by atoms with Gasteiger partial charge in [0.2, 0.25) is 0 Å². The molecule has 1 aromatic carbocycles. The number of halogens is 3. The molecule has 0 amide bonds. The Morgan fingerprint density at radius 3 is 2.50 bits per heavy atom. The Labute approximate surface area is 101 Å². The van der Waals surface area contributed by atoms with Crippen LogP contribution in [0.25, 0.3) is 5.69 Å². The first-order chi connectivity index (χ1) is 8.41. The van der Waals surface area contributed by atoms with Gasteiger partial charge >= 0.3 is 6.18 Å². The van der Waals surface area contributed by atoms with Gasteiger partial charge in [-0.15, -0.1) is 0 Å². The van der Waals surface area contributed by atoms with Crippen molar-refractivity contribution < 1.29 is 18.0 Å². The van der Waals surface area contributed by atoms with E-state index in [1.165, 1.54) is 19.1 Å². The second kappa shape index (κ2) is 4.29. The molecule has 0 fully saturated rings. The molecule has 0 saturated heterocycles. The van der Waals surface area contributed by atoms with Crippen molar-refractivity contribution in [3.63, 3.8) is 0 Å². The van der Waals surface area contributed by atoms with Crippen LogP contribution in [0.3, 0.4) is 0 Å². The third-order valence-electron chi connectivity index (χ3n) is 2.44. The van der Waals surface area contributed by atoms with Crippen LogP contribution in [-0.2, 0) is 6.18 Å². The van der Waals surface area contributed by atoms with Crippen LogP contribution in [0.5, 0.6) is 0 Å². The van der Waals surface area contributed by atoms with E-state index in [2.05, 4.69) is 5.10 Å². The summed E-state index contributed by atoms with van der Waals surface area (Å²) in [7, 11) is 0. The lowest BCUT2D eigenvalue weighted by atomic mass is 10.1. The third kappa shape index (κ3) is 2.13. The highest BCUT2D eigenvalue weighted by Crippen LogP contribution is 2.31. The molecule has 0 radical (unpaired) electrons. The summed E-state index contributed by atoms with van der Waals surface area (Å²) in [6, 6.07) is 6.93. The zero-order valence-electron chi connectivity index (χ0n) is 9.40. The lowest BCUT2D eigenvalue weighted by molar-refractivity contribution is -0.142. The highest BCUT2D eigenvalue weighted by molar-refractivity contribution is 5.97. The number of nitrogens with zero attached hydrogens (tertiary/aromatic N) is 2. The molecule has 0 unspecified atom stereocenters. The molecule has 0 aliphatic carbocycles. The first kappa shape index (κ1) is 12.3. The van der Waals surface area contributed by atoms with Crippen LogP contribution in [0, 0.1) is 0 Å². The first-order valence-corrected chi connectivity index (χ1v) is 5.13. The quantitative estimate of drug-likeness (QED) is 0.772. The van der Waals surface area contributed by atoms with Gasteiger partial charge in [-0.3, -0.25) is 4.79 Å². The number of carbonyl (C=O) groups is 1. The Balaban J connectivity index is 2.64. The van der Waals surface area contributed by atoms with E-state index in [9.17, 15) is 18.0 Å². The molecule has 0 atom stereocenters. The summed E-state index contributed by atoms with van der Waals surface area (Å²) in [4.78, 5) is 11.4. The Hall–Kier alpha value is -2.11. The van der Waals surface area contributed by atoms with Gasteiger partial charge in [-0.05, 0) is 25.1 Å². The highest BCUT2D eigenvalue weighted by atomic mass is 19.4. The molecule has 0 aliphatic heterocycles. The standard InChI is InChI=1S/C12H9F3N2O/c1-8(18)9-4-2-3-5-10(9)17-11(6-7-16-17)12(13,14)15/h2-7H,1H3. The number of carbonyl (C=O) groups excluding carboxylic acids is 1. The van der Waals surface area contributed by atoms with E-state index in [1.807, 2.05) is 0 Å². The van der Waals surface area contributed by atoms with Crippen molar-refractivity contribution in [1.29, 1.82) is 0 Å². The first-order valence-electron chi connectivity index (χ1n) is 5.13. The van der Waals surface area contributed by atoms with Crippen molar-refractivity contribution in [3.05, 3.63) is 47.8 Å². The van der Waals surface area contributed by atoms with Crippen LogP contribution in [-0.4, -0.2) is 15.6 Å². The summed E-state index contributed by atoms with van der Waals surface area (Å²) in [6.45, 7) is 1.30. The normalized spacial score (nSPS) is 11.6. The molecule has 0 bridgehead atoms. The summed E-state index contributed by atoms with van der Waals surface area (Å²) in [5.74, 6) is -0.311. The van der Waals surface area contributed by atoms with E-state index in [-0.39, 0.29) is 17.0 Å². The molecule has 0 spiro atoms. The van der Waals surface area contributed by atoms with Gasteiger partial charge in [-0.25, -0.2) is 4.68 Å². The van der Waals surface area contributed by atoms with Gasteiger partial charge in [0.15, 0.2) is 5.78 Å². The largest absolute Gasteiger partial charge is 0.433 e. The number of rotatable bonds is 2. The minimum absolute atomic E-state index is 0.127. The number of hydrogen-bond donors (Lipinski definition) is 0. The van der Waals surface area contributed by atoms with E-state index < -0.39 is 11.9 Å². The number of ketones is 1. The van der Waals surface area contributed by atoms with Crippen molar-refractivity contribution in [2.45, 2.75) is 13.1 Å². The number of alkyl halides is 3. The topological polar surface area (TPSA) is 34.9 Å². The SMILES string of the molecule is CC(=O)c1ccccc1-n1nccc1C(F)(F)F. The average molecular weight is 254 g/mol. The lowest BCUT2D eigenvalue weighted by Crippen LogP contribution is -2.15. The number of Topliss-reactive ketones (excluding diaryl/α,β-unsaturated/α-hetero) is 1. The maximum absolute atomic E-state index is 12.8. The molecule has 94 valence electrons. The molecular formula is C12H9F3N2O. The van der Waals surface area contributed by atoms with E-state index in [1.54, 1.807) is 12.1 Å². The molecule has 18 heavy (non-hydrogen) atoms. The molecule has 2 aromatic rings. The molecule has 0 saturated carbocycles. The highest BCUT2D eigenvalue weighted by Gasteiger charge is 2.35.